The van der Waals surface area contributed by atoms with E-state index in [4.69, 9.17) is 0 Å². The summed E-state index contributed by atoms with van der Waals surface area (Å²) in [6.45, 7) is 0. The van der Waals surface area contributed by atoms with Gasteiger partial charge in [0.25, 0.3) is 0 Å². The minimum atomic E-state index is -3.15. The topological polar surface area (TPSA) is 17.1 Å². The van der Waals surface area contributed by atoms with Gasteiger partial charge in [0.2, 0.25) is 0 Å². The summed E-state index contributed by atoms with van der Waals surface area (Å²) in [5, 5.41) is -3.15. The quantitative estimate of drug-likeness (QED) is 0.539. The van der Waals surface area contributed by atoms with E-state index in [-0.39, 0.29) is 0 Å². The fraction of sp³-hybridized carbons (Fsp3) is 0.538. The van der Waals surface area contributed by atoms with Gasteiger partial charge in [-0.3, -0.25) is 4.21 Å². The molecule has 5 heteroatoms. The SMILES string of the molecule is CS(=O)C(F)(F)C(Br)CCCCc1ccccc1. The highest BCUT2D eigenvalue weighted by molar-refractivity contribution is 9.09. The van der Waals surface area contributed by atoms with Crippen LogP contribution in [0.5, 0.6) is 0 Å². The van der Waals surface area contributed by atoms with Crippen molar-refractivity contribution >= 4 is 26.7 Å². The van der Waals surface area contributed by atoms with Crippen LogP contribution >= 0.6 is 15.9 Å². The molecule has 1 nitrogen and oxygen atoms in total. The highest BCUT2D eigenvalue weighted by atomic mass is 79.9. The van der Waals surface area contributed by atoms with E-state index in [0.717, 1.165) is 19.1 Å². The van der Waals surface area contributed by atoms with Crippen molar-refractivity contribution < 1.29 is 13.0 Å². The Kier molecular flexibility index (Phi) is 6.43. The number of aryl methyl sites for hydroxylation is 1. The molecular weight excluding hydrogens is 322 g/mol. The van der Waals surface area contributed by atoms with Crippen LogP contribution in [0.15, 0.2) is 30.3 Å². The van der Waals surface area contributed by atoms with Crippen molar-refractivity contribution in [1.29, 1.82) is 0 Å². The van der Waals surface area contributed by atoms with Gasteiger partial charge >= 0.3 is 5.25 Å². The number of benzene rings is 1. The molecule has 1 aromatic rings. The molecule has 0 bridgehead atoms. The van der Waals surface area contributed by atoms with Gasteiger partial charge in [-0.1, -0.05) is 52.7 Å². The molecule has 0 amide bonds. The summed E-state index contributed by atoms with van der Waals surface area (Å²) in [4.78, 5) is -1.01. The van der Waals surface area contributed by atoms with Crippen molar-refractivity contribution in [1.82, 2.24) is 0 Å². The number of hydrogen-bond acceptors (Lipinski definition) is 1. The molecule has 18 heavy (non-hydrogen) atoms. The lowest BCUT2D eigenvalue weighted by molar-refractivity contribution is 0.0952. The summed E-state index contributed by atoms with van der Waals surface area (Å²) >= 11 is 2.94. The minimum absolute atomic E-state index is 0.333. The summed E-state index contributed by atoms with van der Waals surface area (Å²) in [7, 11) is -2.13. The number of rotatable bonds is 7. The van der Waals surface area contributed by atoms with E-state index in [1.54, 1.807) is 0 Å². The van der Waals surface area contributed by atoms with Crippen LogP contribution in [0.25, 0.3) is 0 Å². The number of unbranched alkanes of at least 4 members (excludes halogenated alkanes) is 1. The summed E-state index contributed by atoms with van der Waals surface area (Å²) in [6.07, 6.45) is 3.81. The highest BCUT2D eigenvalue weighted by Crippen LogP contribution is 2.31. The van der Waals surface area contributed by atoms with Crippen molar-refractivity contribution in [2.45, 2.75) is 35.8 Å². The summed E-state index contributed by atoms with van der Waals surface area (Å²) in [6, 6.07) is 9.95. The zero-order valence-corrected chi connectivity index (χ0v) is 12.6. The predicted octanol–water partition coefficient (Wildman–Crippen LogP) is 4.13. The van der Waals surface area contributed by atoms with E-state index >= 15 is 0 Å². The van der Waals surface area contributed by atoms with E-state index in [2.05, 4.69) is 15.9 Å². The molecule has 0 saturated heterocycles. The van der Waals surface area contributed by atoms with E-state index in [9.17, 15) is 13.0 Å². The van der Waals surface area contributed by atoms with E-state index in [0.29, 0.717) is 12.8 Å². The van der Waals surface area contributed by atoms with Crippen molar-refractivity contribution in [3.05, 3.63) is 35.9 Å². The fourth-order valence-corrected chi connectivity index (χ4v) is 3.24. The van der Waals surface area contributed by atoms with E-state index in [1.807, 2.05) is 30.3 Å². The second-order valence-electron chi connectivity index (χ2n) is 4.21. The van der Waals surface area contributed by atoms with E-state index in [1.165, 1.54) is 5.56 Å². The largest absolute Gasteiger partial charge is 0.333 e. The van der Waals surface area contributed by atoms with Crippen molar-refractivity contribution in [2.24, 2.45) is 0 Å². The Hall–Kier alpha value is -0.290. The van der Waals surface area contributed by atoms with Gasteiger partial charge in [-0.2, -0.15) is 8.78 Å². The smallest absolute Gasteiger partial charge is 0.254 e. The molecule has 0 radical (unpaired) electrons. The van der Waals surface area contributed by atoms with Gasteiger partial charge in [0, 0.05) is 6.26 Å². The second-order valence-corrected chi connectivity index (χ2v) is 6.77. The van der Waals surface area contributed by atoms with Crippen LogP contribution in [0.3, 0.4) is 0 Å². The average Bonchev–Trinajstić information content (AvgIpc) is 2.35. The molecule has 1 aromatic carbocycles. The zero-order valence-electron chi connectivity index (χ0n) is 10.2. The molecule has 102 valence electrons. The molecule has 0 heterocycles. The molecular formula is C13H17BrF2OS. The summed E-state index contributed by atoms with van der Waals surface area (Å²) < 4.78 is 37.6. The van der Waals surface area contributed by atoms with Crippen LogP contribution < -0.4 is 0 Å². The Bertz CT molecular complexity index is 384. The predicted molar refractivity (Wildman–Crippen MR) is 75.7 cm³/mol. The molecule has 0 spiro atoms. The molecule has 0 N–H and O–H groups in total. The Morgan fingerprint density at radius 1 is 1.28 bits per heavy atom. The standard InChI is InChI=1S/C13H17BrF2OS/c1-18(17)13(15,16)12(14)10-6-5-9-11-7-3-2-4-8-11/h2-4,7-8,12H,5-6,9-10H2,1H3. The fourth-order valence-electron chi connectivity index (χ4n) is 1.65. The third-order valence-corrected chi connectivity index (χ3v) is 5.15. The van der Waals surface area contributed by atoms with Gasteiger partial charge in [0.05, 0.1) is 15.6 Å². The molecule has 2 unspecified atom stereocenters. The molecule has 0 fully saturated rings. The summed E-state index contributed by atoms with van der Waals surface area (Å²) in [5.41, 5.74) is 1.22. The molecule has 0 saturated carbocycles. The van der Waals surface area contributed by atoms with Crippen LogP contribution in [0, 0.1) is 0 Å². The monoisotopic (exact) mass is 338 g/mol. The maximum Gasteiger partial charge on any atom is 0.333 e. The van der Waals surface area contributed by atoms with Crippen LogP contribution in [0.1, 0.15) is 24.8 Å². The van der Waals surface area contributed by atoms with Crippen LogP contribution in [0.2, 0.25) is 0 Å². The zero-order chi connectivity index (χ0) is 13.6. The van der Waals surface area contributed by atoms with E-state index < -0.39 is 20.9 Å². The van der Waals surface area contributed by atoms with Crippen molar-refractivity contribution in [2.75, 3.05) is 6.26 Å². The van der Waals surface area contributed by atoms with Gasteiger partial charge in [-0.05, 0) is 24.8 Å². The van der Waals surface area contributed by atoms with Gasteiger partial charge in [0.1, 0.15) is 0 Å². The first-order chi connectivity index (χ1) is 8.44. The summed E-state index contributed by atoms with van der Waals surface area (Å²) in [5.74, 6) is 0. The number of halogens is 3. The average molecular weight is 339 g/mol. The van der Waals surface area contributed by atoms with Gasteiger partial charge in [-0.15, -0.1) is 0 Å². The van der Waals surface area contributed by atoms with Gasteiger partial charge < -0.3 is 0 Å². The molecule has 1 rings (SSSR count). The maximum absolute atomic E-state index is 13.3. The lowest BCUT2D eigenvalue weighted by atomic mass is 10.1. The first-order valence-electron chi connectivity index (χ1n) is 5.84. The van der Waals surface area contributed by atoms with Crippen LogP contribution in [0.4, 0.5) is 8.78 Å². The first kappa shape index (κ1) is 15.8. The van der Waals surface area contributed by atoms with Gasteiger partial charge in [0.15, 0.2) is 0 Å². The highest BCUT2D eigenvalue weighted by Gasteiger charge is 2.41. The lowest BCUT2D eigenvalue weighted by Crippen LogP contribution is -2.33. The Morgan fingerprint density at radius 3 is 2.44 bits per heavy atom. The second kappa shape index (κ2) is 7.34. The first-order valence-corrected chi connectivity index (χ1v) is 8.31. The third-order valence-electron chi connectivity index (χ3n) is 2.76. The third kappa shape index (κ3) is 4.76. The maximum atomic E-state index is 13.3. The minimum Gasteiger partial charge on any atom is -0.254 e. The van der Waals surface area contributed by atoms with Crippen LogP contribution in [-0.4, -0.2) is 20.5 Å². The molecule has 0 aliphatic carbocycles. The molecule has 0 aliphatic heterocycles. The Labute approximate surface area is 118 Å². The Balaban J connectivity index is 2.28. The number of hydrogen-bond donors (Lipinski definition) is 0. The molecule has 0 aromatic heterocycles. The van der Waals surface area contributed by atoms with Crippen molar-refractivity contribution in [3.63, 3.8) is 0 Å². The van der Waals surface area contributed by atoms with Crippen molar-refractivity contribution in [3.8, 4) is 0 Å². The molecule has 0 aliphatic rings. The Morgan fingerprint density at radius 2 is 1.89 bits per heavy atom. The molecule has 2 atom stereocenters. The normalized spacial score (nSPS) is 15.3. The number of alkyl halides is 3. The van der Waals surface area contributed by atoms with Gasteiger partial charge in [-0.25, -0.2) is 0 Å². The lowest BCUT2D eigenvalue weighted by Gasteiger charge is -2.19. The van der Waals surface area contributed by atoms with Crippen LogP contribution in [-0.2, 0) is 17.2 Å².